The highest BCUT2D eigenvalue weighted by Gasteiger charge is 2.41. The van der Waals surface area contributed by atoms with E-state index in [0.717, 1.165) is 36.1 Å². The predicted octanol–water partition coefficient (Wildman–Crippen LogP) is 4.44. The molecule has 1 aliphatic carbocycles. The summed E-state index contributed by atoms with van der Waals surface area (Å²) in [6.07, 6.45) is 2.48. The Morgan fingerprint density at radius 2 is 2.21 bits per heavy atom. The van der Waals surface area contributed by atoms with Gasteiger partial charge in [-0.05, 0) is 49.8 Å². The van der Waals surface area contributed by atoms with Crippen LogP contribution in [0.5, 0.6) is 0 Å². The van der Waals surface area contributed by atoms with Gasteiger partial charge in [-0.1, -0.05) is 32.0 Å². The molecule has 1 N–H and O–H groups in total. The van der Waals surface area contributed by atoms with E-state index in [9.17, 15) is 0 Å². The molecular formula is C17H23NO. The van der Waals surface area contributed by atoms with Gasteiger partial charge in [0, 0.05) is 5.39 Å². The van der Waals surface area contributed by atoms with E-state index in [1.165, 1.54) is 17.4 Å². The Morgan fingerprint density at radius 1 is 1.42 bits per heavy atom. The van der Waals surface area contributed by atoms with Crippen LogP contribution in [0.4, 0.5) is 0 Å². The molecule has 0 bridgehead atoms. The van der Waals surface area contributed by atoms with E-state index in [2.05, 4.69) is 50.4 Å². The van der Waals surface area contributed by atoms with Crippen molar-refractivity contribution >= 4 is 11.0 Å². The molecule has 1 heterocycles. The fourth-order valence-corrected chi connectivity index (χ4v) is 2.96. The molecule has 0 saturated heterocycles. The Morgan fingerprint density at radius 3 is 2.84 bits per heavy atom. The molecule has 1 aromatic heterocycles. The van der Waals surface area contributed by atoms with Gasteiger partial charge >= 0.3 is 0 Å². The van der Waals surface area contributed by atoms with E-state index >= 15 is 0 Å². The second-order valence-electron chi connectivity index (χ2n) is 5.95. The zero-order chi connectivity index (χ0) is 13.4. The average molecular weight is 257 g/mol. The topological polar surface area (TPSA) is 25.2 Å². The van der Waals surface area contributed by atoms with Gasteiger partial charge in [-0.15, -0.1) is 0 Å². The van der Waals surface area contributed by atoms with Crippen LogP contribution < -0.4 is 5.32 Å². The summed E-state index contributed by atoms with van der Waals surface area (Å²) in [5, 5.41) is 4.89. The number of nitrogens with one attached hydrogen (secondary N) is 1. The van der Waals surface area contributed by atoms with Crippen LogP contribution in [0.1, 0.15) is 44.1 Å². The number of benzene rings is 1. The molecule has 2 heteroatoms. The van der Waals surface area contributed by atoms with E-state index in [1.54, 1.807) is 0 Å². The van der Waals surface area contributed by atoms with E-state index in [-0.39, 0.29) is 0 Å². The van der Waals surface area contributed by atoms with Crippen molar-refractivity contribution in [2.24, 2.45) is 11.8 Å². The first-order chi connectivity index (χ1) is 9.20. The van der Waals surface area contributed by atoms with Gasteiger partial charge in [0.15, 0.2) is 0 Å². The molecule has 0 amide bonds. The van der Waals surface area contributed by atoms with Crippen LogP contribution in [-0.2, 0) is 0 Å². The third-order valence-corrected chi connectivity index (χ3v) is 4.28. The van der Waals surface area contributed by atoms with Gasteiger partial charge in [-0.3, -0.25) is 0 Å². The summed E-state index contributed by atoms with van der Waals surface area (Å²) in [7, 11) is 0. The molecule has 3 rings (SSSR count). The van der Waals surface area contributed by atoms with Crippen molar-refractivity contribution in [2.45, 2.75) is 39.7 Å². The second-order valence-corrected chi connectivity index (χ2v) is 5.95. The van der Waals surface area contributed by atoms with Gasteiger partial charge in [0.1, 0.15) is 11.3 Å². The first-order valence-corrected chi connectivity index (χ1v) is 7.43. The van der Waals surface area contributed by atoms with Gasteiger partial charge in [-0.2, -0.15) is 0 Å². The quantitative estimate of drug-likeness (QED) is 0.856. The lowest BCUT2D eigenvalue weighted by Gasteiger charge is -2.15. The Balaban J connectivity index is 1.93. The van der Waals surface area contributed by atoms with Crippen molar-refractivity contribution in [1.29, 1.82) is 0 Å². The van der Waals surface area contributed by atoms with Crippen molar-refractivity contribution < 1.29 is 4.42 Å². The fraction of sp³-hybridized carbons (Fsp3) is 0.529. The minimum atomic E-state index is 0.391. The summed E-state index contributed by atoms with van der Waals surface area (Å²) in [4.78, 5) is 0. The number of rotatable bonds is 5. The Kier molecular flexibility index (Phi) is 3.36. The Labute approximate surface area is 115 Å². The average Bonchev–Trinajstić information content (AvgIpc) is 2.94. The number of furan rings is 1. The molecule has 0 spiro atoms. The third-order valence-electron chi connectivity index (χ3n) is 4.28. The second kappa shape index (κ2) is 5.01. The SMILES string of the molecule is CCCNC(c1cc2cccc(C)c2o1)C1CC1C. The maximum absolute atomic E-state index is 6.15. The molecule has 2 nitrogen and oxygen atoms in total. The van der Waals surface area contributed by atoms with E-state index in [4.69, 9.17) is 4.42 Å². The van der Waals surface area contributed by atoms with E-state index in [0.29, 0.717) is 6.04 Å². The van der Waals surface area contributed by atoms with E-state index in [1.807, 2.05) is 0 Å². The van der Waals surface area contributed by atoms with Crippen molar-refractivity contribution in [1.82, 2.24) is 5.32 Å². The maximum atomic E-state index is 6.15. The highest BCUT2D eigenvalue weighted by molar-refractivity contribution is 5.81. The van der Waals surface area contributed by atoms with Crippen LogP contribution in [0.2, 0.25) is 0 Å². The molecule has 1 fully saturated rings. The fourth-order valence-electron chi connectivity index (χ4n) is 2.96. The zero-order valence-corrected chi connectivity index (χ0v) is 12.1. The van der Waals surface area contributed by atoms with Crippen molar-refractivity contribution in [2.75, 3.05) is 6.54 Å². The van der Waals surface area contributed by atoms with Gasteiger partial charge in [0.05, 0.1) is 6.04 Å². The number of para-hydroxylation sites is 1. The highest BCUT2D eigenvalue weighted by Crippen LogP contribution is 2.47. The first-order valence-electron chi connectivity index (χ1n) is 7.43. The van der Waals surface area contributed by atoms with Gasteiger partial charge in [0.2, 0.25) is 0 Å². The molecule has 1 aliphatic rings. The van der Waals surface area contributed by atoms with Crippen LogP contribution in [-0.4, -0.2) is 6.54 Å². The zero-order valence-electron chi connectivity index (χ0n) is 12.1. The monoisotopic (exact) mass is 257 g/mol. The molecule has 3 atom stereocenters. The summed E-state index contributed by atoms with van der Waals surface area (Å²) in [5.74, 6) is 2.68. The standard InChI is InChI=1S/C17H23NO/c1-4-8-18-16(14-9-12(14)3)15-10-13-7-5-6-11(2)17(13)19-15/h5-7,10,12,14,16,18H,4,8-9H2,1-3H3. The maximum Gasteiger partial charge on any atom is 0.137 e. The van der Waals surface area contributed by atoms with Crippen LogP contribution in [0, 0.1) is 18.8 Å². The lowest BCUT2D eigenvalue weighted by molar-refractivity contribution is 0.385. The molecule has 1 aromatic carbocycles. The first kappa shape index (κ1) is 12.7. The van der Waals surface area contributed by atoms with Crippen LogP contribution in [0.25, 0.3) is 11.0 Å². The molecule has 19 heavy (non-hydrogen) atoms. The van der Waals surface area contributed by atoms with Gasteiger partial charge in [0.25, 0.3) is 0 Å². The smallest absolute Gasteiger partial charge is 0.137 e. The molecule has 3 unspecified atom stereocenters. The van der Waals surface area contributed by atoms with E-state index < -0.39 is 0 Å². The molecule has 1 saturated carbocycles. The number of hydrogen-bond donors (Lipinski definition) is 1. The van der Waals surface area contributed by atoms with Crippen LogP contribution in [0.15, 0.2) is 28.7 Å². The third kappa shape index (κ3) is 2.42. The predicted molar refractivity (Wildman–Crippen MR) is 79.3 cm³/mol. The number of fused-ring (bicyclic) bond motifs is 1. The van der Waals surface area contributed by atoms with Crippen molar-refractivity contribution in [3.05, 3.63) is 35.6 Å². The normalized spacial score (nSPS) is 23.7. The molecule has 2 aromatic rings. The summed E-state index contributed by atoms with van der Waals surface area (Å²) < 4.78 is 6.15. The molecule has 0 radical (unpaired) electrons. The highest BCUT2D eigenvalue weighted by atomic mass is 16.3. The van der Waals surface area contributed by atoms with Gasteiger partial charge < -0.3 is 9.73 Å². The van der Waals surface area contributed by atoms with Crippen LogP contribution >= 0.6 is 0 Å². The van der Waals surface area contributed by atoms with Crippen molar-refractivity contribution in [3.63, 3.8) is 0 Å². The molecular weight excluding hydrogens is 234 g/mol. The summed E-state index contributed by atoms with van der Waals surface area (Å²) in [6, 6.07) is 8.97. The lowest BCUT2D eigenvalue weighted by Crippen LogP contribution is -2.23. The summed E-state index contributed by atoms with van der Waals surface area (Å²) in [6.45, 7) is 7.72. The number of aryl methyl sites for hydroxylation is 1. The number of hydrogen-bond acceptors (Lipinski definition) is 2. The largest absolute Gasteiger partial charge is 0.459 e. The Hall–Kier alpha value is -1.28. The van der Waals surface area contributed by atoms with Crippen LogP contribution in [0.3, 0.4) is 0 Å². The summed E-state index contributed by atoms with van der Waals surface area (Å²) >= 11 is 0. The lowest BCUT2D eigenvalue weighted by atomic mass is 10.1. The van der Waals surface area contributed by atoms with Gasteiger partial charge in [-0.25, -0.2) is 0 Å². The molecule has 102 valence electrons. The minimum absolute atomic E-state index is 0.391. The Bertz CT molecular complexity index is 572. The molecule has 0 aliphatic heterocycles. The van der Waals surface area contributed by atoms with Crippen molar-refractivity contribution in [3.8, 4) is 0 Å². The summed E-state index contributed by atoms with van der Waals surface area (Å²) in [5.41, 5.74) is 2.27. The minimum Gasteiger partial charge on any atom is -0.459 e.